The van der Waals surface area contributed by atoms with Gasteiger partial charge in [-0.25, -0.2) is 9.59 Å². The molecule has 0 spiro atoms. The average molecular weight is 344 g/mol. The van der Waals surface area contributed by atoms with Crippen LogP contribution in [0, 0.1) is 0 Å². The second-order valence-corrected chi connectivity index (χ2v) is 6.64. The number of rotatable bonds is 3. The van der Waals surface area contributed by atoms with Gasteiger partial charge in [-0.3, -0.25) is 0 Å². The summed E-state index contributed by atoms with van der Waals surface area (Å²) in [6.07, 6.45) is -0.0830. The summed E-state index contributed by atoms with van der Waals surface area (Å²) in [4.78, 5) is 24.0. The lowest BCUT2D eigenvalue weighted by molar-refractivity contribution is -0.155. The van der Waals surface area contributed by atoms with Crippen molar-refractivity contribution >= 4 is 16.9 Å². The third-order valence-electron chi connectivity index (χ3n) is 4.29. The first-order chi connectivity index (χ1) is 11.7. The molecule has 2 aromatic rings. The third-order valence-corrected chi connectivity index (χ3v) is 4.29. The molecular formula is C19H20O6. The number of allylic oxidation sites excluding steroid dienone is 1. The smallest absolute Gasteiger partial charge is 0.336 e. The van der Waals surface area contributed by atoms with Crippen molar-refractivity contribution in [1.29, 1.82) is 0 Å². The Morgan fingerprint density at radius 3 is 2.60 bits per heavy atom. The van der Waals surface area contributed by atoms with Crippen LogP contribution in [0.5, 0.6) is 5.75 Å². The minimum atomic E-state index is -1.28. The average Bonchev–Trinajstić information content (AvgIpc) is 2.93. The molecule has 0 fully saturated rings. The normalized spacial score (nSPS) is 20.3. The van der Waals surface area contributed by atoms with Crippen molar-refractivity contribution in [3.8, 4) is 5.75 Å². The topological polar surface area (TPSA) is 86.0 Å². The van der Waals surface area contributed by atoms with Gasteiger partial charge in [-0.15, -0.1) is 0 Å². The molecule has 0 bridgehead atoms. The molecule has 1 aromatic heterocycles. The number of esters is 1. The maximum absolute atomic E-state index is 12.3. The van der Waals surface area contributed by atoms with Gasteiger partial charge in [0.1, 0.15) is 11.3 Å². The van der Waals surface area contributed by atoms with E-state index < -0.39 is 29.4 Å². The molecule has 6 heteroatoms. The molecule has 1 N–H and O–H groups in total. The third kappa shape index (κ3) is 3.05. The first-order valence-corrected chi connectivity index (χ1v) is 8.02. The van der Waals surface area contributed by atoms with E-state index in [-0.39, 0.29) is 0 Å². The standard InChI is InChI=1S/C19H20O6/c1-5-10(2)18(21)25-16-14-12(23-17(16)19(3,4)22)8-6-11-7-9-13(20)24-15(11)14/h5-9,16-17,22H,1-4H3/b10-5-/t16-,17+/m1/s1. The largest absolute Gasteiger partial charge is 0.483 e. The van der Waals surface area contributed by atoms with Crippen LogP contribution < -0.4 is 10.4 Å². The van der Waals surface area contributed by atoms with Gasteiger partial charge in [-0.05, 0) is 45.9 Å². The van der Waals surface area contributed by atoms with Crippen LogP contribution in [0.1, 0.15) is 39.4 Å². The van der Waals surface area contributed by atoms with E-state index >= 15 is 0 Å². The van der Waals surface area contributed by atoms with Crippen LogP contribution in [0.15, 0.2) is 45.1 Å². The molecular weight excluding hydrogens is 324 g/mol. The fraction of sp³-hybridized carbons (Fsp3) is 0.368. The molecule has 2 atom stereocenters. The molecule has 3 rings (SSSR count). The monoisotopic (exact) mass is 344 g/mol. The van der Waals surface area contributed by atoms with Crippen LogP contribution in [0.2, 0.25) is 0 Å². The Kier molecular flexibility index (Phi) is 4.16. The first kappa shape index (κ1) is 17.2. The zero-order valence-electron chi connectivity index (χ0n) is 14.5. The summed E-state index contributed by atoms with van der Waals surface area (Å²) in [7, 11) is 0. The highest BCUT2D eigenvalue weighted by molar-refractivity contribution is 5.89. The predicted octanol–water partition coefficient (Wildman–Crippen LogP) is 2.88. The van der Waals surface area contributed by atoms with Gasteiger partial charge < -0.3 is 19.0 Å². The maximum atomic E-state index is 12.3. The zero-order valence-corrected chi connectivity index (χ0v) is 14.5. The second-order valence-electron chi connectivity index (χ2n) is 6.64. The Balaban J connectivity index is 2.17. The van der Waals surface area contributed by atoms with Gasteiger partial charge in [0.2, 0.25) is 0 Å². The highest BCUT2D eigenvalue weighted by Crippen LogP contribution is 2.46. The lowest BCUT2D eigenvalue weighted by Gasteiger charge is -2.29. The summed E-state index contributed by atoms with van der Waals surface area (Å²) < 4.78 is 16.8. The number of benzene rings is 1. The van der Waals surface area contributed by atoms with Crippen LogP contribution in [-0.4, -0.2) is 22.8 Å². The van der Waals surface area contributed by atoms with Crippen LogP contribution >= 0.6 is 0 Å². The number of ether oxygens (including phenoxy) is 2. The summed E-state index contributed by atoms with van der Waals surface area (Å²) in [6.45, 7) is 6.52. The second kappa shape index (κ2) is 6.04. The fourth-order valence-corrected chi connectivity index (χ4v) is 2.82. The first-order valence-electron chi connectivity index (χ1n) is 8.02. The van der Waals surface area contributed by atoms with Gasteiger partial charge in [-0.2, -0.15) is 0 Å². The Morgan fingerprint density at radius 1 is 1.28 bits per heavy atom. The van der Waals surface area contributed by atoms with Crippen molar-refractivity contribution in [3.63, 3.8) is 0 Å². The van der Waals surface area contributed by atoms with Gasteiger partial charge in [0.15, 0.2) is 12.2 Å². The van der Waals surface area contributed by atoms with E-state index in [2.05, 4.69) is 0 Å². The molecule has 0 radical (unpaired) electrons. The van der Waals surface area contributed by atoms with Crippen LogP contribution in [-0.2, 0) is 9.53 Å². The molecule has 0 unspecified atom stereocenters. The summed E-state index contributed by atoms with van der Waals surface area (Å²) in [5.41, 5.74) is -0.603. The lowest BCUT2D eigenvalue weighted by Crippen LogP contribution is -2.43. The van der Waals surface area contributed by atoms with Crippen LogP contribution in [0.4, 0.5) is 0 Å². The molecule has 0 saturated heterocycles. The molecule has 0 aliphatic carbocycles. The number of hydrogen-bond acceptors (Lipinski definition) is 6. The van der Waals surface area contributed by atoms with E-state index in [4.69, 9.17) is 13.9 Å². The highest BCUT2D eigenvalue weighted by atomic mass is 16.6. The molecule has 1 aliphatic heterocycles. The van der Waals surface area contributed by atoms with E-state index in [1.807, 2.05) is 0 Å². The van der Waals surface area contributed by atoms with Crippen molar-refractivity contribution in [1.82, 2.24) is 0 Å². The number of carbonyl (C=O) groups excluding carboxylic acids is 1. The lowest BCUT2D eigenvalue weighted by atomic mass is 9.93. The van der Waals surface area contributed by atoms with E-state index in [9.17, 15) is 14.7 Å². The molecule has 6 nitrogen and oxygen atoms in total. The minimum absolute atomic E-state index is 0.299. The summed E-state index contributed by atoms with van der Waals surface area (Å²) >= 11 is 0. The van der Waals surface area contributed by atoms with Crippen molar-refractivity contribution in [3.05, 3.63) is 51.9 Å². The van der Waals surface area contributed by atoms with Crippen molar-refractivity contribution in [2.45, 2.75) is 45.5 Å². The Morgan fingerprint density at radius 2 is 1.96 bits per heavy atom. The molecule has 25 heavy (non-hydrogen) atoms. The zero-order chi connectivity index (χ0) is 18.4. The SMILES string of the molecule is C/C=C(/C)C(=O)O[C@@H]1c2c(ccc3ccc(=O)oc23)O[C@@H]1C(C)(C)O. The summed E-state index contributed by atoms with van der Waals surface area (Å²) in [5, 5.41) is 11.2. The number of fused-ring (bicyclic) bond motifs is 3. The van der Waals surface area contributed by atoms with Gasteiger partial charge in [-0.1, -0.05) is 6.08 Å². The number of hydrogen-bond donors (Lipinski definition) is 1. The van der Waals surface area contributed by atoms with E-state index in [0.717, 1.165) is 0 Å². The van der Waals surface area contributed by atoms with E-state index in [1.54, 1.807) is 52.0 Å². The van der Waals surface area contributed by atoms with Crippen molar-refractivity contribution in [2.24, 2.45) is 0 Å². The fourth-order valence-electron chi connectivity index (χ4n) is 2.82. The molecule has 132 valence electrons. The molecule has 0 amide bonds. The molecule has 2 heterocycles. The Bertz CT molecular complexity index is 916. The van der Waals surface area contributed by atoms with Crippen molar-refractivity contribution in [2.75, 3.05) is 0 Å². The quantitative estimate of drug-likeness (QED) is 0.523. The minimum Gasteiger partial charge on any atom is -0.483 e. The predicted molar refractivity (Wildman–Crippen MR) is 91.5 cm³/mol. The Hall–Kier alpha value is -2.60. The van der Waals surface area contributed by atoms with E-state index in [0.29, 0.717) is 27.9 Å². The van der Waals surface area contributed by atoms with Crippen molar-refractivity contribution < 1.29 is 23.8 Å². The molecule has 1 aromatic carbocycles. The maximum Gasteiger partial charge on any atom is 0.336 e. The van der Waals surface area contributed by atoms with Gasteiger partial charge >= 0.3 is 11.6 Å². The molecule has 0 saturated carbocycles. The van der Waals surface area contributed by atoms with Gasteiger partial charge in [0.05, 0.1) is 11.2 Å². The molecule has 1 aliphatic rings. The van der Waals surface area contributed by atoms with Crippen LogP contribution in [0.25, 0.3) is 11.0 Å². The van der Waals surface area contributed by atoms with E-state index in [1.165, 1.54) is 6.07 Å². The summed E-state index contributed by atoms with van der Waals surface area (Å²) in [6, 6.07) is 6.42. The number of aliphatic hydroxyl groups is 1. The Labute approximate surface area is 144 Å². The highest BCUT2D eigenvalue weighted by Gasteiger charge is 2.47. The number of carbonyl (C=O) groups is 1. The van der Waals surface area contributed by atoms with Crippen LogP contribution in [0.3, 0.4) is 0 Å². The van der Waals surface area contributed by atoms with Gasteiger partial charge in [0, 0.05) is 17.0 Å². The van der Waals surface area contributed by atoms with Gasteiger partial charge in [0.25, 0.3) is 0 Å². The summed E-state index contributed by atoms with van der Waals surface area (Å²) in [5.74, 6) is -0.0987.